The first-order chi connectivity index (χ1) is 11.2. The molecule has 0 bridgehead atoms. The molecule has 2 aromatic heterocycles. The number of carbonyl (C=O) groups excluding carboxylic acids is 1. The van der Waals surface area contributed by atoms with Gasteiger partial charge in [0.05, 0.1) is 15.5 Å². The number of thiazole rings is 1. The topological polar surface area (TPSA) is 63.1 Å². The Labute approximate surface area is 136 Å². The lowest BCUT2D eigenvalue weighted by molar-refractivity contribution is 0.103. The second kappa shape index (κ2) is 6.62. The molecule has 0 amide bonds. The highest BCUT2D eigenvalue weighted by molar-refractivity contribution is 7.07. The SMILES string of the molecule is CCc1ccc(/C=c2\s/c(=C\C(=O)c3ccco3)[nH]c2=O)cc1. The first kappa shape index (κ1) is 15.2. The molecule has 2 heterocycles. The van der Waals surface area contributed by atoms with Crippen LogP contribution < -0.4 is 14.8 Å². The van der Waals surface area contributed by atoms with E-state index in [9.17, 15) is 9.59 Å². The van der Waals surface area contributed by atoms with E-state index in [2.05, 4.69) is 11.9 Å². The van der Waals surface area contributed by atoms with Gasteiger partial charge >= 0.3 is 0 Å². The number of hydrogen-bond donors (Lipinski definition) is 1. The van der Waals surface area contributed by atoms with E-state index in [0.717, 1.165) is 12.0 Å². The summed E-state index contributed by atoms with van der Waals surface area (Å²) in [5.74, 6) is -0.0220. The van der Waals surface area contributed by atoms with E-state index in [1.165, 1.54) is 29.2 Å². The van der Waals surface area contributed by atoms with E-state index < -0.39 is 0 Å². The lowest BCUT2D eigenvalue weighted by Crippen LogP contribution is -2.19. The third-order valence-electron chi connectivity index (χ3n) is 3.39. The van der Waals surface area contributed by atoms with Crippen LogP contribution in [0.2, 0.25) is 0 Å². The normalized spacial score (nSPS) is 12.7. The molecular weight excluding hydrogens is 310 g/mol. The Bertz CT molecular complexity index is 976. The number of rotatable bonds is 4. The molecule has 0 saturated carbocycles. The minimum absolute atomic E-state index is 0.201. The van der Waals surface area contributed by atoms with Gasteiger partial charge in [0.2, 0.25) is 5.78 Å². The summed E-state index contributed by atoms with van der Waals surface area (Å²) in [6.07, 6.45) is 5.62. The van der Waals surface area contributed by atoms with Crippen molar-refractivity contribution in [2.75, 3.05) is 0 Å². The molecule has 1 N–H and O–H groups in total. The van der Waals surface area contributed by atoms with E-state index in [1.54, 1.807) is 12.1 Å². The Hall–Kier alpha value is -2.66. The summed E-state index contributed by atoms with van der Waals surface area (Å²) >= 11 is 1.25. The van der Waals surface area contributed by atoms with Gasteiger partial charge in [0, 0.05) is 6.08 Å². The predicted octanol–water partition coefficient (Wildman–Crippen LogP) is 2.08. The van der Waals surface area contributed by atoms with E-state index in [0.29, 0.717) is 9.20 Å². The van der Waals surface area contributed by atoms with Gasteiger partial charge in [-0.2, -0.15) is 0 Å². The lowest BCUT2D eigenvalue weighted by Gasteiger charge is -1.96. The molecule has 0 unspecified atom stereocenters. The summed E-state index contributed by atoms with van der Waals surface area (Å²) in [5, 5.41) is 0. The van der Waals surface area contributed by atoms with Crippen LogP contribution in [0, 0.1) is 0 Å². The molecule has 3 aromatic rings. The zero-order chi connectivity index (χ0) is 16.2. The number of benzene rings is 1. The lowest BCUT2D eigenvalue weighted by atomic mass is 10.1. The second-order valence-corrected chi connectivity index (χ2v) is 6.09. The van der Waals surface area contributed by atoms with Gasteiger partial charge in [-0.1, -0.05) is 31.2 Å². The van der Waals surface area contributed by atoms with Crippen LogP contribution in [-0.2, 0) is 6.42 Å². The molecule has 5 heteroatoms. The average Bonchev–Trinajstić information content (AvgIpc) is 3.19. The van der Waals surface area contributed by atoms with Gasteiger partial charge in [0.15, 0.2) is 5.76 Å². The summed E-state index contributed by atoms with van der Waals surface area (Å²) < 4.78 is 6.12. The second-order valence-electron chi connectivity index (χ2n) is 5.01. The van der Waals surface area contributed by atoms with Crippen molar-refractivity contribution in [1.82, 2.24) is 4.98 Å². The van der Waals surface area contributed by atoms with Gasteiger partial charge < -0.3 is 9.40 Å². The van der Waals surface area contributed by atoms with Crippen molar-refractivity contribution in [2.45, 2.75) is 13.3 Å². The van der Waals surface area contributed by atoms with Gasteiger partial charge in [-0.3, -0.25) is 9.59 Å². The molecule has 4 nitrogen and oxygen atoms in total. The summed E-state index contributed by atoms with van der Waals surface area (Å²) in [4.78, 5) is 26.6. The molecular formula is C18H15NO3S. The summed E-state index contributed by atoms with van der Waals surface area (Å²) in [6.45, 7) is 2.10. The molecule has 0 saturated heterocycles. The van der Waals surface area contributed by atoms with E-state index >= 15 is 0 Å². The minimum Gasteiger partial charge on any atom is -0.461 e. The number of carbonyl (C=O) groups is 1. The Morgan fingerprint density at radius 1 is 1.26 bits per heavy atom. The molecule has 0 fully saturated rings. The molecule has 0 spiro atoms. The summed E-state index contributed by atoms with van der Waals surface area (Å²) in [7, 11) is 0. The van der Waals surface area contributed by atoms with Crippen molar-refractivity contribution in [2.24, 2.45) is 0 Å². The molecule has 0 aliphatic rings. The van der Waals surface area contributed by atoms with E-state index in [4.69, 9.17) is 4.42 Å². The number of aryl methyl sites for hydroxylation is 1. The Morgan fingerprint density at radius 3 is 2.70 bits per heavy atom. The first-order valence-electron chi connectivity index (χ1n) is 7.25. The Morgan fingerprint density at radius 2 is 2.04 bits per heavy atom. The van der Waals surface area contributed by atoms with Crippen LogP contribution in [0.4, 0.5) is 0 Å². The summed E-state index contributed by atoms with van der Waals surface area (Å²) in [5.41, 5.74) is 2.01. The number of H-pyrrole nitrogens is 1. The van der Waals surface area contributed by atoms with Crippen LogP contribution in [0.1, 0.15) is 28.6 Å². The molecule has 116 valence electrons. The number of hydrogen-bond acceptors (Lipinski definition) is 4. The smallest absolute Gasteiger partial charge is 0.266 e. The maximum absolute atomic E-state index is 12.0. The van der Waals surface area contributed by atoms with Crippen molar-refractivity contribution in [3.63, 3.8) is 0 Å². The fourth-order valence-electron chi connectivity index (χ4n) is 2.13. The van der Waals surface area contributed by atoms with Gasteiger partial charge in [0.25, 0.3) is 5.56 Å². The average molecular weight is 325 g/mol. The minimum atomic E-state index is -0.272. The molecule has 0 aliphatic carbocycles. The number of aromatic amines is 1. The third-order valence-corrected chi connectivity index (χ3v) is 4.36. The van der Waals surface area contributed by atoms with Crippen molar-refractivity contribution >= 4 is 29.3 Å². The number of ketones is 1. The summed E-state index contributed by atoms with van der Waals surface area (Å²) in [6, 6.07) is 11.3. The fourth-order valence-corrected chi connectivity index (χ4v) is 3.02. The largest absolute Gasteiger partial charge is 0.461 e. The molecule has 1 aromatic carbocycles. The number of nitrogens with one attached hydrogen (secondary N) is 1. The Kier molecular flexibility index (Phi) is 4.39. The molecule has 0 radical (unpaired) electrons. The molecule has 23 heavy (non-hydrogen) atoms. The van der Waals surface area contributed by atoms with Gasteiger partial charge in [-0.15, -0.1) is 11.3 Å². The van der Waals surface area contributed by atoms with Crippen LogP contribution in [0.5, 0.6) is 0 Å². The van der Waals surface area contributed by atoms with Crippen LogP contribution in [0.15, 0.2) is 51.9 Å². The van der Waals surface area contributed by atoms with E-state index in [-0.39, 0.29) is 17.1 Å². The van der Waals surface area contributed by atoms with Crippen molar-refractivity contribution in [3.05, 3.63) is 79.1 Å². The fraction of sp³-hybridized carbons (Fsp3) is 0.111. The molecule has 0 aliphatic heterocycles. The van der Waals surface area contributed by atoms with Crippen LogP contribution in [0.25, 0.3) is 12.2 Å². The quantitative estimate of drug-likeness (QED) is 0.747. The monoisotopic (exact) mass is 325 g/mol. The van der Waals surface area contributed by atoms with Crippen molar-refractivity contribution in [1.29, 1.82) is 0 Å². The van der Waals surface area contributed by atoms with Gasteiger partial charge in [-0.25, -0.2) is 0 Å². The number of Topliss-reactive ketones (excluding diaryl/α,β-unsaturated/α-hetero) is 1. The molecule has 3 rings (SSSR count). The highest BCUT2D eigenvalue weighted by Gasteiger charge is 2.05. The van der Waals surface area contributed by atoms with Crippen molar-refractivity contribution < 1.29 is 9.21 Å². The van der Waals surface area contributed by atoms with Gasteiger partial charge in [0.1, 0.15) is 0 Å². The number of furan rings is 1. The van der Waals surface area contributed by atoms with Crippen LogP contribution in [-0.4, -0.2) is 10.8 Å². The maximum Gasteiger partial charge on any atom is 0.266 e. The maximum atomic E-state index is 12.0. The Balaban J connectivity index is 1.95. The standard InChI is InChI=1S/C18H15NO3S/c1-2-12-5-7-13(8-6-12)10-16-18(21)19-17(23-16)11-14(20)15-4-3-9-22-15/h3-11H,2H2,1H3,(H,19,21)/b16-10-,17-11-. The van der Waals surface area contributed by atoms with Crippen LogP contribution in [0.3, 0.4) is 0 Å². The highest BCUT2D eigenvalue weighted by atomic mass is 32.1. The number of aromatic nitrogens is 1. The van der Waals surface area contributed by atoms with Crippen molar-refractivity contribution in [3.8, 4) is 0 Å². The highest BCUT2D eigenvalue weighted by Crippen LogP contribution is 2.05. The van der Waals surface area contributed by atoms with E-state index in [1.807, 2.05) is 30.3 Å². The predicted molar refractivity (Wildman–Crippen MR) is 91.1 cm³/mol. The van der Waals surface area contributed by atoms with Gasteiger partial charge in [-0.05, 0) is 35.8 Å². The third kappa shape index (κ3) is 3.57. The molecule has 0 atom stereocenters. The zero-order valence-corrected chi connectivity index (χ0v) is 13.4. The zero-order valence-electron chi connectivity index (χ0n) is 12.5. The van der Waals surface area contributed by atoms with Crippen LogP contribution >= 0.6 is 11.3 Å². The first-order valence-corrected chi connectivity index (χ1v) is 8.06.